The quantitative estimate of drug-likeness (QED) is 0.275. The number of nitrogens with one attached hydrogen (secondary N) is 3. The second-order valence-electron chi connectivity index (χ2n) is 13.7. The molecule has 1 unspecified atom stereocenters. The molecule has 0 bridgehead atoms. The molecule has 2 aliphatic carbocycles. The number of likely N-dealkylation sites (tertiary alicyclic amines) is 1. The molecule has 0 aromatic heterocycles. The molecule has 1 aromatic carbocycles. The summed E-state index contributed by atoms with van der Waals surface area (Å²) in [4.78, 5) is 68.5. The van der Waals surface area contributed by atoms with Gasteiger partial charge in [0.1, 0.15) is 12.1 Å². The van der Waals surface area contributed by atoms with Gasteiger partial charge in [-0.15, -0.1) is 6.58 Å². The van der Waals surface area contributed by atoms with Crippen molar-refractivity contribution in [1.82, 2.24) is 20.9 Å². The number of amides is 4. The van der Waals surface area contributed by atoms with Gasteiger partial charge in [-0.1, -0.05) is 78.3 Å². The van der Waals surface area contributed by atoms with Gasteiger partial charge in [-0.3, -0.25) is 24.0 Å². The van der Waals surface area contributed by atoms with E-state index >= 15 is 0 Å². The van der Waals surface area contributed by atoms with Gasteiger partial charge in [-0.2, -0.15) is 0 Å². The zero-order chi connectivity index (χ0) is 31.0. The van der Waals surface area contributed by atoms with Gasteiger partial charge < -0.3 is 20.9 Å². The Hall–Kier alpha value is -3.49. The standard InChI is InChI=1S/C33H46N4O5/c1-8-12-23(27(38)29(40)34-15-9-2)35-28(39)26-24-22(33(24,6)7)18-37(26)30(41)25(36-31(42)32(3,4)5)21-16-19-13-10-11-14-20(19)17-21/h9-11,13-14,21-26H,2,8,12,15-18H2,1,3-7H3,(H,34,40)(H,35,39)(H,36,42)/t22-,23?,24-,25+,26+/m1/s1. The summed E-state index contributed by atoms with van der Waals surface area (Å²) >= 11 is 0. The number of nitrogens with zero attached hydrogens (tertiary/aromatic N) is 1. The van der Waals surface area contributed by atoms with Crippen LogP contribution in [0, 0.1) is 28.6 Å². The van der Waals surface area contributed by atoms with Crippen LogP contribution in [0.15, 0.2) is 36.9 Å². The van der Waals surface area contributed by atoms with E-state index < -0.39 is 41.1 Å². The second-order valence-corrected chi connectivity index (χ2v) is 13.7. The fraction of sp³-hybridized carbons (Fsp3) is 0.606. The predicted molar refractivity (Wildman–Crippen MR) is 160 cm³/mol. The zero-order valence-electron chi connectivity index (χ0n) is 25.8. The Labute approximate surface area is 249 Å². The van der Waals surface area contributed by atoms with Crippen LogP contribution < -0.4 is 16.0 Å². The summed E-state index contributed by atoms with van der Waals surface area (Å²) < 4.78 is 0. The number of fused-ring (bicyclic) bond motifs is 2. The van der Waals surface area contributed by atoms with Crippen molar-refractivity contribution in [2.24, 2.45) is 28.6 Å². The molecule has 5 atom stereocenters. The summed E-state index contributed by atoms with van der Waals surface area (Å²) in [5.41, 5.74) is 1.50. The minimum atomic E-state index is -0.995. The Kier molecular flexibility index (Phi) is 9.00. The minimum Gasteiger partial charge on any atom is -0.346 e. The number of carbonyl (C=O) groups excluding carboxylic acids is 5. The highest BCUT2D eigenvalue weighted by molar-refractivity contribution is 6.38. The van der Waals surface area contributed by atoms with Gasteiger partial charge in [0.25, 0.3) is 5.91 Å². The molecule has 228 valence electrons. The van der Waals surface area contributed by atoms with Crippen molar-refractivity contribution in [2.45, 2.75) is 85.4 Å². The molecule has 1 aromatic rings. The van der Waals surface area contributed by atoms with Crippen LogP contribution in [0.1, 0.15) is 65.5 Å². The number of ketones is 1. The van der Waals surface area contributed by atoms with Gasteiger partial charge in [0.2, 0.25) is 23.5 Å². The maximum Gasteiger partial charge on any atom is 0.289 e. The van der Waals surface area contributed by atoms with Gasteiger partial charge in [0, 0.05) is 18.5 Å². The molecule has 9 nitrogen and oxygen atoms in total. The first kappa shape index (κ1) is 31.4. The van der Waals surface area contributed by atoms with Crippen molar-refractivity contribution in [3.05, 3.63) is 48.0 Å². The number of piperidine rings is 1. The molecule has 0 radical (unpaired) electrons. The van der Waals surface area contributed by atoms with Crippen LogP contribution in [0.3, 0.4) is 0 Å². The van der Waals surface area contributed by atoms with E-state index in [0.29, 0.717) is 32.2 Å². The van der Waals surface area contributed by atoms with E-state index in [0.717, 1.165) is 0 Å². The number of hydrogen-bond donors (Lipinski definition) is 3. The SMILES string of the molecule is C=CCNC(=O)C(=O)C(CCC)NC(=O)[C@@H]1[C@H]2[C@@H](CN1C(=O)[C@@H](NC(=O)C(C)(C)C)C1Cc3ccccc3C1)C2(C)C. The highest BCUT2D eigenvalue weighted by Gasteiger charge is 2.69. The maximum absolute atomic E-state index is 14.4. The lowest BCUT2D eigenvalue weighted by Gasteiger charge is -2.36. The first-order valence-corrected chi connectivity index (χ1v) is 15.1. The highest BCUT2D eigenvalue weighted by Crippen LogP contribution is 2.65. The van der Waals surface area contributed by atoms with E-state index in [-0.39, 0.29) is 41.5 Å². The summed E-state index contributed by atoms with van der Waals surface area (Å²) in [5, 5.41) is 8.38. The molecular formula is C33H46N4O5. The molecule has 4 amide bonds. The summed E-state index contributed by atoms with van der Waals surface area (Å²) in [7, 11) is 0. The summed E-state index contributed by atoms with van der Waals surface area (Å²) in [5.74, 6) is -2.49. The van der Waals surface area contributed by atoms with Crippen LogP contribution >= 0.6 is 0 Å². The van der Waals surface area contributed by atoms with Gasteiger partial charge in [-0.05, 0) is 53.6 Å². The van der Waals surface area contributed by atoms with Crippen molar-refractivity contribution in [1.29, 1.82) is 0 Å². The van der Waals surface area contributed by atoms with Crippen molar-refractivity contribution in [2.75, 3.05) is 13.1 Å². The number of carbonyl (C=O) groups is 5. The van der Waals surface area contributed by atoms with Gasteiger partial charge >= 0.3 is 0 Å². The molecule has 2 fully saturated rings. The Bertz CT molecular complexity index is 1240. The Morgan fingerprint density at radius 2 is 1.69 bits per heavy atom. The molecule has 4 rings (SSSR count). The summed E-state index contributed by atoms with van der Waals surface area (Å²) in [6, 6.07) is 5.49. The second kappa shape index (κ2) is 12.0. The van der Waals surface area contributed by atoms with Gasteiger partial charge in [-0.25, -0.2) is 0 Å². The molecule has 42 heavy (non-hydrogen) atoms. The Morgan fingerprint density at radius 1 is 1.07 bits per heavy atom. The third kappa shape index (κ3) is 6.15. The zero-order valence-corrected chi connectivity index (χ0v) is 25.8. The van der Waals surface area contributed by atoms with E-state index in [1.54, 1.807) is 4.90 Å². The van der Waals surface area contributed by atoms with Gasteiger partial charge in [0.05, 0.1) is 6.04 Å². The summed E-state index contributed by atoms with van der Waals surface area (Å²) in [6.07, 6.45) is 3.68. The molecule has 1 aliphatic heterocycles. The fourth-order valence-electron chi connectivity index (χ4n) is 6.78. The van der Waals surface area contributed by atoms with Crippen LogP contribution in [-0.4, -0.2) is 65.5 Å². The van der Waals surface area contributed by atoms with E-state index in [4.69, 9.17) is 0 Å². The van der Waals surface area contributed by atoms with Crippen LogP contribution in [0.25, 0.3) is 0 Å². The molecule has 9 heteroatoms. The van der Waals surface area contributed by atoms with E-state index in [1.807, 2.05) is 39.8 Å². The van der Waals surface area contributed by atoms with E-state index in [9.17, 15) is 24.0 Å². The lowest BCUT2D eigenvalue weighted by molar-refractivity contribution is -0.146. The molecule has 1 heterocycles. The number of Topliss-reactive ketones (excluding diaryl/α,β-unsaturated/α-hetero) is 1. The largest absolute Gasteiger partial charge is 0.346 e. The Balaban J connectivity index is 1.59. The smallest absolute Gasteiger partial charge is 0.289 e. The van der Waals surface area contributed by atoms with Crippen LogP contribution in [0.2, 0.25) is 0 Å². The highest BCUT2D eigenvalue weighted by atomic mass is 16.2. The average Bonchev–Trinajstić information content (AvgIpc) is 3.31. The number of hydrogen-bond acceptors (Lipinski definition) is 5. The normalized spacial score (nSPS) is 23.7. The molecule has 1 saturated heterocycles. The molecule has 0 spiro atoms. The van der Waals surface area contributed by atoms with Crippen molar-refractivity contribution in [3.8, 4) is 0 Å². The van der Waals surface area contributed by atoms with E-state index in [2.05, 4.69) is 48.5 Å². The van der Waals surface area contributed by atoms with Crippen LogP contribution in [0.5, 0.6) is 0 Å². The molecule has 1 saturated carbocycles. The van der Waals surface area contributed by atoms with Crippen molar-refractivity contribution in [3.63, 3.8) is 0 Å². The molecular weight excluding hydrogens is 532 g/mol. The maximum atomic E-state index is 14.4. The third-order valence-electron chi connectivity index (χ3n) is 9.39. The average molecular weight is 579 g/mol. The third-order valence-corrected chi connectivity index (χ3v) is 9.39. The Morgan fingerprint density at radius 3 is 2.24 bits per heavy atom. The first-order valence-electron chi connectivity index (χ1n) is 15.1. The first-order chi connectivity index (χ1) is 19.7. The topological polar surface area (TPSA) is 125 Å². The monoisotopic (exact) mass is 578 g/mol. The van der Waals surface area contributed by atoms with E-state index in [1.165, 1.54) is 17.2 Å². The summed E-state index contributed by atoms with van der Waals surface area (Å²) in [6.45, 7) is 15.6. The van der Waals surface area contributed by atoms with Crippen molar-refractivity contribution < 1.29 is 24.0 Å². The number of rotatable bonds is 11. The van der Waals surface area contributed by atoms with Crippen LogP contribution in [0.4, 0.5) is 0 Å². The van der Waals surface area contributed by atoms with Crippen molar-refractivity contribution >= 4 is 29.4 Å². The molecule has 3 N–H and O–H groups in total. The fourth-order valence-corrected chi connectivity index (χ4v) is 6.78. The molecule has 3 aliphatic rings. The van der Waals surface area contributed by atoms with Crippen LogP contribution in [-0.2, 0) is 36.8 Å². The predicted octanol–water partition coefficient (Wildman–Crippen LogP) is 2.57. The lowest BCUT2D eigenvalue weighted by Crippen LogP contribution is -2.60. The minimum absolute atomic E-state index is 0.0758. The number of benzene rings is 1. The lowest BCUT2D eigenvalue weighted by atomic mass is 9.90. The van der Waals surface area contributed by atoms with Gasteiger partial charge in [0.15, 0.2) is 0 Å².